The van der Waals surface area contributed by atoms with Crippen LogP contribution in [0.15, 0.2) is 53.7 Å². The van der Waals surface area contributed by atoms with Crippen molar-refractivity contribution in [1.29, 1.82) is 0 Å². The van der Waals surface area contributed by atoms with Gasteiger partial charge in [-0.25, -0.2) is 17.8 Å². The molecule has 0 aliphatic carbocycles. The van der Waals surface area contributed by atoms with Gasteiger partial charge in [0.05, 0.1) is 12.0 Å². The second-order valence-electron chi connectivity index (χ2n) is 4.52. The minimum absolute atomic E-state index is 0.178. The Kier molecular flexibility index (Phi) is 6.21. The minimum atomic E-state index is -4.27. The van der Waals surface area contributed by atoms with Crippen LogP contribution in [-0.4, -0.2) is 26.0 Å². The fraction of sp³-hybridized carbons (Fsp3) is 0.200. The van der Waals surface area contributed by atoms with Crippen LogP contribution in [0.4, 0.5) is 0 Å². The fourth-order valence-corrected chi connectivity index (χ4v) is 2.00. The molecule has 0 unspecified atom stereocenters. The summed E-state index contributed by atoms with van der Waals surface area (Å²) in [6.45, 7) is 1.82. The highest BCUT2D eigenvalue weighted by Crippen LogP contribution is 2.08. The van der Waals surface area contributed by atoms with Gasteiger partial charge in [0.15, 0.2) is 12.4 Å². The molecule has 22 heavy (non-hydrogen) atoms. The molecule has 0 fully saturated rings. The molecule has 0 atom stereocenters. The van der Waals surface area contributed by atoms with Gasteiger partial charge in [-0.2, -0.15) is 0 Å². The molecular weight excluding hydrogens is 306 g/mol. The number of carbonyl (C=O) groups excluding carboxylic acids is 1. The number of hydrogen-bond donors (Lipinski definition) is 0. The normalized spacial score (nSPS) is 10.4. The van der Waals surface area contributed by atoms with E-state index in [1.54, 1.807) is 35.0 Å². The first kappa shape index (κ1) is 17.8. The Morgan fingerprint density at radius 3 is 2.23 bits per heavy atom. The summed E-state index contributed by atoms with van der Waals surface area (Å²) in [5.74, 6) is -0.304. The van der Waals surface area contributed by atoms with Crippen molar-refractivity contribution in [3.8, 4) is 0 Å². The number of rotatable bonds is 2. The van der Waals surface area contributed by atoms with Crippen molar-refractivity contribution < 1.29 is 27.1 Å². The quantitative estimate of drug-likeness (QED) is 0.471. The van der Waals surface area contributed by atoms with Gasteiger partial charge in [0.25, 0.3) is 0 Å². The lowest BCUT2D eigenvalue weighted by Gasteiger charge is -2.05. The first-order chi connectivity index (χ1) is 10.2. The average Bonchev–Trinajstić information content (AvgIpc) is 2.46. The molecule has 2 aromatic rings. The fourth-order valence-electron chi connectivity index (χ4n) is 1.53. The van der Waals surface area contributed by atoms with E-state index in [0.717, 1.165) is 5.56 Å². The van der Waals surface area contributed by atoms with E-state index >= 15 is 0 Å². The molecule has 0 radical (unpaired) electrons. The summed E-state index contributed by atoms with van der Waals surface area (Å²) in [7, 11) is -1.05. The number of carbonyl (C=O) groups is 1. The second-order valence-corrected chi connectivity index (χ2v) is 5.90. The molecule has 7 heteroatoms. The molecule has 0 amide bonds. The highest BCUT2D eigenvalue weighted by molar-refractivity contribution is 7.85. The predicted octanol–water partition coefficient (Wildman–Crippen LogP) is 1.20. The third-order valence-corrected chi connectivity index (χ3v) is 3.52. The van der Waals surface area contributed by atoms with Gasteiger partial charge in [0, 0.05) is 6.07 Å². The lowest BCUT2D eigenvalue weighted by molar-refractivity contribution is -0.671. The van der Waals surface area contributed by atoms with Crippen LogP contribution >= 0.6 is 0 Å². The van der Waals surface area contributed by atoms with E-state index in [1.807, 2.05) is 20.2 Å². The van der Waals surface area contributed by atoms with E-state index in [-0.39, 0.29) is 10.9 Å². The summed E-state index contributed by atoms with van der Waals surface area (Å²) in [4.78, 5) is 10.8. The van der Waals surface area contributed by atoms with E-state index in [2.05, 4.69) is 4.74 Å². The van der Waals surface area contributed by atoms with Gasteiger partial charge >= 0.3 is 5.97 Å². The maximum Gasteiger partial charge on any atom is 0.343 e. The molecule has 1 aromatic heterocycles. The number of benzene rings is 1. The van der Waals surface area contributed by atoms with Crippen LogP contribution in [0.5, 0.6) is 0 Å². The monoisotopic (exact) mass is 323 g/mol. The zero-order valence-corrected chi connectivity index (χ0v) is 13.3. The van der Waals surface area contributed by atoms with Crippen molar-refractivity contribution in [3.05, 3.63) is 59.9 Å². The van der Waals surface area contributed by atoms with Crippen molar-refractivity contribution in [2.24, 2.45) is 7.05 Å². The summed E-state index contributed by atoms with van der Waals surface area (Å²) >= 11 is 0. The van der Waals surface area contributed by atoms with E-state index in [0.29, 0.717) is 5.56 Å². The van der Waals surface area contributed by atoms with E-state index < -0.39 is 10.1 Å². The van der Waals surface area contributed by atoms with Crippen LogP contribution in [0.2, 0.25) is 0 Å². The van der Waals surface area contributed by atoms with Crippen LogP contribution in [0, 0.1) is 6.92 Å². The van der Waals surface area contributed by atoms with Gasteiger partial charge in [-0.3, -0.25) is 0 Å². The molecule has 0 aliphatic rings. The standard InChI is InChI=1S/C8H10NO2.C7H8O3S/c1-9-5-3-4-7(6-9)8(10)11-2;1-6-2-4-7(5-3-6)11(8,9)10/h3-6H,1-2H3;2-5H,1H3,(H,8,9,10)/q+1;/p-1. The van der Waals surface area contributed by atoms with E-state index in [9.17, 15) is 17.8 Å². The summed E-state index contributed by atoms with van der Waals surface area (Å²) in [6.07, 6.45) is 3.57. The Balaban J connectivity index is 0.000000220. The topological polar surface area (TPSA) is 87.4 Å². The maximum atomic E-state index is 10.9. The van der Waals surface area contributed by atoms with Gasteiger partial charge in [0.2, 0.25) is 0 Å². The van der Waals surface area contributed by atoms with E-state index in [1.165, 1.54) is 19.2 Å². The molecule has 0 aliphatic heterocycles. The highest BCUT2D eigenvalue weighted by Gasteiger charge is 2.07. The molecule has 0 saturated heterocycles. The Hall–Kier alpha value is -2.25. The van der Waals surface area contributed by atoms with Gasteiger partial charge in [-0.15, -0.1) is 0 Å². The number of esters is 1. The summed E-state index contributed by atoms with van der Waals surface area (Å²) < 4.78 is 37.5. The average molecular weight is 323 g/mol. The van der Waals surface area contributed by atoms with Crippen molar-refractivity contribution >= 4 is 16.1 Å². The van der Waals surface area contributed by atoms with Crippen LogP contribution in [-0.2, 0) is 21.9 Å². The Bertz CT molecular complexity index is 739. The van der Waals surface area contributed by atoms with Gasteiger partial charge in [-0.05, 0) is 25.1 Å². The largest absolute Gasteiger partial charge is 0.744 e. The number of pyridine rings is 1. The third kappa shape index (κ3) is 5.63. The Morgan fingerprint density at radius 1 is 1.18 bits per heavy atom. The lowest BCUT2D eigenvalue weighted by Crippen LogP contribution is -2.27. The third-order valence-electron chi connectivity index (χ3n) is 2.67. The van der Waals surface area contributed by atoms with Crippen molar-refractivity contribution in [1.82, 2.24) is 0 Å². The number of aromatic nitrogens is 1. The number of methoxy groups -OCH3 is 1. The first-order valence-electron chi connectivity index (χ1n) is 6.30. The summed E-state index contributed by atoms with van der Waals surface area (Å²) in [6, 6.07) is 9.29. The molecule has 0 spiro atoms. The number of aryl methyl sites for hydroxylation is 2. The molecule has 118 valence electrons. The van der Waals surface area contributed by atoms with Gasteiger partial charge < -0.3 is 9.29 Å². The first-order valence-corrected chi connectivity index (χ1v) is 7.71. The van der Waals surface area contributed by atoms with Crippen molar-refractivity contribution in [2.75, 3.05) is 7.11 Å². The molecular formula is C15H17NO5S. The van der Waals surface area contributed by atoms with Crippen LogP contribution in [0.1, 0.15) is 15.9 Å². The molecule has 0 bridgehead atoms. The zero-order chi connectivity index (χ0) is 16.8. The van der Waals surface area contributed by atoms with Crippen molar-refractivity contribution in [3.63, 3.8) is 0 Å². The van der Waals surface area contributed by atoms with Crippen LogP contribution in [0.3, 0.4) is 0 Å². The molecule has 6 nitrogen and oxygen atoms in total. The number of hydrogen-bond acceptors (Lipinski definition) is 5. The second kappa shape index (κ2) is 7.67. The van der Waals surface area contributed by atoms with E-state index in [4.69, 9.17) is 0 Å². The summed E-state index contributed by atoms with van der Waals surface area (Å²) in [5, 5.41) is 0. The summed E-state index contributed by atoms with van der Waals surface area (Å²) in [5.41, 5.74) is 1.50. The maximum absolute atomic E-state index is 10.9. The van der Waals surface area contributed by atoms with Gasteiger partial charge in [-0.1, -0.05) is 17.7 Å². The lowest BCUT2D eigenvalue weighted by atomic mass is 10.2. The molecule has 2 rings (SSSR count). The molecule has 1 aromatic carbocycles. The Labute approximate surface area is 129 Å². The molecule has 0 N–H and O–H groups in total. The molecule has 0 saturated carbocycles. The number of ether oxygens (including phenoxy) is 1. The highest BCUT2D eigenvalue weighted by atomic mass is 32.2. The SMILES string of the molecule is COC(=O)c1ccc[n+](C)c1.Cc1ccc(S(=O)(=O)[O-])cc1. The van der Waals surface area contributed by atoms with Crippen LogP contribution < -0.4 is 4.57 Å². The number of nitrogens with zero attached hydrogens (tertiary/aromatic N) is 1. The zero-order valence-electron chi connectivity index (χ0n) is 12.5. The predicted molar refractivity (Wildman–Crippen MR) is 78.1 cm³/mol. The molecule has 1 heterocycles. The van der Waals surface area contributed by atoms with Crippen molar-refractivity contribution in [2.45, 2.75) is 11.8 Å². The van der Waals surface area contributed by atoms with Gasteiger partial charge in [0.1, 0.15) is 22.7 Å². The minimum Gasteiger partial charge on any atom is -0.744 e. The Morgan fingerprint density at radius 2 is 1.77 bits per heavy atom. The smallest absolute Gasteiger partial charge is 0.343 e. The van der Waals surface area contributed by atoms with Crippen LogP contribution in [0.25, 0.3) is 0 Å².